The number of nitrogens with one attached hydrogen (secondary N) is 1. The van der Waals surface area contributed by atoms with Crippen molar-refractivity contribution in [3.05, 3.63) is 72.3 Å². The van der Waals surface area contributed by atoms with Gasteiger partial charge in [0.15, 0.2) is 0 Å². The largest absolute Gasteiger partial charge is 0.467 e. The van der Waals surface area contributed by atoms with Gasteiger partial charge in [0.2, 0.25) is 5.91 Å². The average Bonchev–Trinajstić information content (AvgIpc) is 3.14. The van der Waals surface area contributed by atoms with Gasteiger partial charge in [-0.15, -0.1) is 0 Å². The summed E-state index contributed by atoms with van der Waals surface area (Å²) in [6.07, 6.45) is 6.15. The first kappa shape index (κ1) is 16.9. The summed E-state index contributed by atoms with van der Waals surface area (Å²) in [4.78, 5) is 16.4. The van der Waals surface area contributed by atoms with Crippen molar-refractivity contribution in [1.29, 1.82) is 0 Å². The van der Waals surface area contributed by atoms with Crippen LogP contribution in [0.15, 0.2) is 65.4 Å². The number of carbonyl (C=O) groups excluding carboxylic acids is 1. The second kappa shape index (κ2) is 7.77. The van der Waals surface area contributed by atoms with E-state index >= 15 is 0 Å². The maximum Gasteiger partial charge on any atom is 0.244 e. The van der Waals surface area contributed by atoms with Crippen molar-refractivity contribution >= 4 is 22.9 Å². The monoisotopic (exact) mass is 336 g/mol. The predicted molar refractivity (Wildman–Crippen MR) is 96.7 cm³/mol. The van der Waals surface area contributed by atoms with E-state index in [-0.39, 0.29) is 11.9 Å². The molecule has 0 saturated carbocycles. The van der Waals surface area contributed by atoms with Crippen molar-refractivity contribution in [1.82, 2.24) is 10.3 Å². The highest BCUT2D eigenvalue weighted by Crippen LogP contribution is 2.19. The molecule has 25 heavy (non-hydrogen) atoms. The molecule has 5 heteroatoms. The zero-order chi connectivity index (χ0) is 17.6. The van der Waals surface area contributed by atoms with Crippen molar-refractivity contribution in [2.24, 2.45) is 0 Å². The second-order valence-electron chi connectivity index (χ2n) is 5.93. The third-order valence-corrected chi connectivity index (χ3v) is 3.93. The van der Waals surface area contributed by atoms with Crippen molar-refractivity contribution < 1.29 is 14.3 Å². The molecule has 3 rings (SSSR count). The first-order valence-electron chi connectivity index (χ1n) is 8.17. The number of amides is 1. The molecule has 1 amide bonds. The molecule has 0 radical (unpaired) electrons. The number of fused-ring (bicyclic) bond motifs is 1. The highest BCUT2D eigenvalue weighted by Gasteiger charge is 2.15. The number of aliphatic hydroxyl groups excluding tert-OH is 1. The Bertz CT molecular complexity index is 866. The van der Waals surface area contributed by atoms with E-state index in [9.17, 15) is 9.90 Å². The summed E-state index contributed by atoms with van der Waals surface area (Å²) >= 11 is 0. The molecule has 2 atom stereocenters. The first-order chi connectivity index (χ1) is 12.1. The van der Waals surface area contributed by atoms with Crippen LogP contribution < -0.4 is 5.32 Å². The third-order valence-electron chi connectivity index (χ3n) is 3.93. The number of nitrogens with zero attached hydrogens (tertiary/aromatic N) is 1. The topological polar surface area (TPSA) is 75.4 Å². The minimum Gasteiger partial charge on any atom is -0.467 e. The summed E-state index contributed by atoms with van der Waals surface area (Å²) < 4.78 is 5.16. The van der Waals surface area contributed by atoms with Gasteiger partial charge in [0.25, 0.3) is 0 Å². The van der Waals surface area contributed by atoms with E-state index in [1.54, 1.807) is 24.4 Å². The molecule has 0 fully saturated rings. The van der Waals surface area contributed by atoms with Crippen LogP contribution >= 0.6 is 0 Å². The number of para-hydroxylation sites is 1. The average molecular weight is 336 g/mol. The quantitative estimate of drug-likeness (QED) is 0.676. The van der Waals surface area contributed by atoms with Crippen LogP contribution in [0, 0.1) is 0 Å². The summed E-state index contributed by atoms with van der Waals surface area (Å²) in [7, 11) is 0. The SMILES string of the molecule is CC(CC(O)c1ccco1)NC(=O)/C=C/c1ccnc2ccccc12. The van der Waals surface area contributed by atoms with Gasteiger partial charge in [-0.3, -0.25) is 9.78 Å². The summed E-state index contributed by atoms with van der Waals surface area (Å²) in [6, 6.07) is 12.9. The van der Waals surface area contributed by atoms with Gasteiger partial charge in [0.05, 0.1) is 11.8 Å². The Morgan fingerprint density at radius 2 is 2.12 bits per heavy atom. The Labute approximate surface area is 146 Å². The number of pyridine rings is 1. The number of furan rings is 1. The molecule has 2 aromatic heterocycles. The zero-order valence-electron chi connectivity index (χ0n) is 13.9. The zero-order valence-corrected chi connectivity index (χ0v) is 13.9. The fourth-order valence-electron chi connectivity index (χ4n) is 2.71. The number of aliphatic hydroxyl groups is 1. The van der Waals surface area contributed by atoms with Crippen LogP contribution in [0.2, 0.25) is 0 Å². The predicted octanol–water partition coefficient (Wildman–Crippen LogP) is 3.47. The van der Waals surface area contributed by atoms with Crippen LogP contribution in [0.1, 0.15) is 30.8 Å². The van der Waals surface area contributed by atoms with Gasteiger partial charge in [-0.2, -0.15) is 0 Å². The lowest BCUT2D eigenvalue weighted by Crippen LogP contribution is -2.32. The van der Waals surface area contributed by atoms with E-state index in [2.05, 4.69) is 10.3 Å². The van der Waals surface area contributed by atoms with Crippen LogP contribution in [0.3, 0.4) is 0 Å². The molecule has 2 unspecified atom stereocenters. The molecule has 5 nitrogen and oxygen atoms in total. The van der Waals surface area contributed by atoms with Crippen molar-refractivity contribution in [2.75, 3.05) is 0 Å². The molecule has 1 aromatic carbocycles. The van der Waals surface area contributed by atoms with E-state index in [0.29, 0.717) is 12.2 Å². The van der Waals surface area contributed by atoms with Crippen molar-refractivity contribution in [2.45, 2.75) is 25.5 Å². The minimum absolute atomic E-state index is 0.188. The minimum atomic E-state index is -0.738. The molecule has 3 aromatic rings. The standard InChI is InChI=1S/C20H20N2O3/c1-14(13-18(23)19-7-4-12-25-19)22-20(24)9-8-15-10-11-21-17-6-3-2-5-16(15)17/h2-12,14,18,23H,13H2,1H3,(H,22,24)/b9-8+. The first-order valence-corrected chi connectivity index (χ1v) is 8.17. The second-order valence-corrected chi connectivity index (χ2v) is 5.93. The fraction of sp³-hybridized carbons (Fsp3) is 0.200. The number of hydrogen-bond donors (Lipinski definition) is 2. The highest BCUT2D eigenvalue weighted by molar-refractivity contribution is 5.95. The molecule has 2 N–H and O–H groups in total. The Kier molecular flexibility index (Phi) is 5.26. The van der Waals surface area contributed by atoms with Gasteiger partial charge in [-0.25, -0.2) is 0 Å². The number of carbonyl (C=O) groups is 1. The van der Waals surface area contributed by atoms with Crippen LogP contribution in [0.25, 0.3) is 17.0 Å². The van der Waals surface area contributed by atoms with Crippen molar-refractivity contribution in [3.63, 3.8) is 0 Å². The van der Waals surface area contributed by atoms with Crippen LogP contribution in [-0.2, 0) is 4.79 Å². The molecule has 0 aliphatic carbocycles. The summed E-state index contributed by atoms with van der Waals surface area (Å²) in [6.45, 7) is 1.85. The Morgan fingerprint density at radius 1 is 1.28 bits per heavy atom. The molecule has 0 spiro atoms. The number of rotatable bonds is 6. The number of benzene rings is 1. The number of aromatic nitrogens is 1. The molecular formula is C20H20N2O3. The maximum absolute atomic E-state index is 12.1. The Balaban J connectivity index is 1.60. The summed E-state index contributed by atoms with van der Waals surface area (Å²) in [5.41, 5.74) is 1.82. The van der Waals surface area contributed by atoms with Crippen molar-refractivity contribution in [3.8, 4) is 0 Å². The van der Waals surface area contributed by atoms with Crippen LogP contribution in [0.5, 0.6) is 0 Å². The summed E-state index contributed by atoms with van der Waals surface area (Å²) in [5, 5.41) is 13.9. The van der Waals surface area contributed by atoms with Crippen LogP contribution in [-0.4, -0.2) is 22.0 Å². The lowest BCUT2D eigenvalue weighted by molar-refractivity contribution is -0.117. The normalized spacial score (nSPS) is 13.8. The molecule has 0 aliphatic rings. The van der Waals surface area contributed by atoms with E-state index in [1.807, 2.05) is 37.3 Å². The van der Waals surface area contributed by atoms with E-state index in [1.165, 1.54) is 12.3 Å². The molecule has 0 bridgehead atoms. The van der Waals surface area contributed by atoms with Gasteiger partial charge < -0.3 is 14.8 Å². The molecule has 0 saturated heterocycles. The van der Waals surface area contributed by atoms with E-state index in [4.69, 9.17) is 4.42 Å². The van der Waals surface area contributed by atoms with Crippen LogP contribution in [0.4, 0.5) is 0 Å². The van der Waals surface area contributed by atoms with Gasteiger partial charge in [0, 0.05) is 30.1 Å². The highest BCUT2D eigenvalue weighted by atomic mass is 16.4. The fourth-order valence-corrected chi connectivity index (χ4v) is 2.71. The molecule has 2 heterocycles. The number of hydrogen-bond acceptors (Lipinski definition) is 4. The summed E-state index contributed by atoms with van der Waals surface area (Å²) in [5.74, 6) is 0.292. The van der Waals surface area contributed by atoms with E-state index < -0.39 is 6.10 Å². The Morgan fingerprint density at radius 3 is 2.92 bits per heavy atom. The lowest BCUT2D eigenvalue weighted by atomic mass is 10.1. The van der Waals surface area contributed by atoms with E-state index in [0.717, 1.165) is 16.5 Å². The molecular weight excluding hydrogens is 316 g/mol. The molecule has 128 valence electrons. The maximum atomic E-state index is 12.1. The Hall–Kier alpha value is -2.92. The smallest absolute Gasteiger partial charge is 0.244 e. The lowest BCUT2D eigenvalue weighted by Gasteiger charge is -2.15. The van der Waals surface area contributed by atoms with Gasteiger partial charge in [0.1, 0.15) is 11.9 Å². The van der Waals surface area contributed by atoms with Gasteiger partial charge >= 0.3 is 0 Å². The molecule has 0 aliphatic heterocycles. The third kappa shape index (κ3) is 4.33. The van der Waals surface area contributed by atoms with Gasteiger partial charge in [-0.05, 0) is 42.8 Å². The van der Waals surface area contributed by atoms with Gasteiger partial charge in [-0.1, -0.05) is 18.2 Å².